The first kappa shape index (κ1) is 16.2. The second-order valence-electron chi connectivity index (χ2n) is 6.05. The lowest BCUT2D eigenvalue weighted by Crippen LogP contribution is -2.41. The first-order valence-corrected chi connectivity index (χ1v) is 8.02. The van der Waals surface area contributed by atoms with E-state index < -0.39 is 5.69 Å². The first-order chi connectivity index (χ1) is 11.6. The summed E-state index contributed by atoms with van der Waals surface area (Å²) in [6, 6.07) is 6.70. The first-order valence-electron chi connectivity index (χ1n) is 8.02. The molecule has 1 aliphatic rings. The fourth-order valence-corrected chi connectivity index (χ4v) is 2.96. The number of anilines is 1. The molecule has 0 bridgehead atoms. The largest absolute Gasteiger partial charge is 0.366 e. The van der Waals surface area contributed by atoms with Gasteiger partial charge in [-0.2, -0.15) is 0 Å². The van der Waals surface area contributed by atoms with Gasteiger partial charge < -0.3 is 9.88 Å². The molecule has 1 N–H and O–H groups in total. The second-order valence-corrected chi connectivity index (χ2v) is 6.05. The fourth-order valence-electron chi connectivity index (χ4n) is 2.96. The fraction of sp³-hybridized carbons (Fsp3) is 0.333. The van der Waals surface area contributed by atoms with Crippen molar-refractivity contribution in [1.29, 1.82) is 0 Å². The summed E-state index contributed by atoms with van der Waals surface area (Å²) in [6.45, 7) is 1.46. The van der Waals surface area contributed by atoms with Crippen molar-refractivity contribution in [2.24, 2.45) is 13.0 Å². The summed E-state index contributed by atoms with van der Waals surface area (Å²) in [4.78, 5) is 28.2. The Labute approximate surface area is 139 Å². The summed E-state index contributed by atoms with van der Waals surface area (Å²) < 4.78 is 14.7. The van der Waals surface area contributed by atoms with Gasteiger partial charge in [0.1, 0.15) is 11.5 Å². The topological polar surface area (TPSA) is 58.1 Å². The summed E-state index contributed by atoms with van der Waals surface area (Å²) in [5.41, 5.74) is 0.425. The summed E-state index contributed by atoms with van der Waals surface area (Å²) >= 11 is 0. The number of benzene rings is 1. The molecule has 1 saturated heterocycles. The molecular formula is C18H20FN3O2. The maximum atomic E-state index is 13.6. The van der Waals surface area contributed by atoms with E-state index in [1.54, 1.807) is 12.1 Å². The highest BCUT2D eigenvalue weighted by atomic mass is 19.1. The molecule has 6 heteroatoms. The number of piperidine rings is 1. The third kappa shape index (κ3) is 3.32. The van der Waals surface area contributed by atoms with E-state index in [1.165, 1.54) is 19.3 Å². The van der Waals surface area contributed by atoms with Crippen molar-refractivity contribution in [3.05, 3.63) is 68.8 Å². The van der Waals surface area contributed by atoms with Gasteiger partial charge in [0.25, 0.3) is 5.56 Å². The number of nitrogens with one attached hydrogen (secondary N) is 1. The lowest BCUT2D eigenvalue weighted by molar-refractivity contribution is 0.477. The third-order valence-electron chi connectivity index (χ3n) is 4.49. The molecule has 24 heavy (non-hydrogen) atoms. The molecule has 0 radical (unpaired) electrons. The number of H-pyrrole nitrogens is 1. The highest BCUT2D eigenvalue weighted by Gasteiger charge is 2.20. The lowest BCUT2D eigenvalue weighted by atomic mass is 9.95. The molecule has 0 saturated carbocycles. The molecule has 5 nitrogen and oxygen atoms in total. The van der Waals surface area contributed by atoms with Gasteiger partial charge in [0.2, 0.25) is 0 Å². The van der Waals surface area contributed by atoms with Gasteiger partial charge in [-0.05, 0) is 24.8 Å². The van der Waals surface area contributed by atoms with Crippen LogP contribution >= 0.6 is 0 Å². The zero-order valence-electron chi connectivity index (χ0n) is 13.5. The van der Waals surface area contributed by atoms with Crippen LogP contribution in [0.2, 0.25) is 0 Å². The number of halogens is 1. The zero-order chi connectivity index (χ0) is 17.1. The Hall–Kier alpha value is -2.63. The Kier molecular flexibility index (Phi) is 4.64. The number of nitrogens with zero attached hydrogens (tertiary/aromatic N) is 2. The third-order valence-corrected chi connectivity index (χ3v) is 4.49. The van der Waals surface area contributed by atoms with Crippen LogP contribution in [0.4, 0.5) is 10.1 Å². The standard InChI is InChI=1S/C18H20FN3O2/c1-21-17(23)16(12-20-18(21)24)22-10-8-13(9-11-22)6-7-14-4-2-3-5-15(14)19/h2-7,12-13H,8-11H2,1H3,(H,20,24). The Morgan fingerprint density at radius 2 is 1.92 bits per heavy atom. The number of allylic oxidation sites excluding steroid dienone is 1. The highest BCUT2D eigenvalue weighted by molar-refractivity contribution is 5.50. The predicted octanol–water partition coefficient (Wildman–Crippen LogP) is 2.14. The van der Waals surface area contributed by atoms with E-state index in [1.807, 2.05) is 23.1 Å². The van der Waals surface area contributed by atoms with Crippen LogP contribution in [-0.4, -0.2) is 22.6 Å². The van der Waals surface area contributed by atoms with E-state index in [0.717, 1.165) is 30.5 Å². The summed E-state index contributed by atoms with van der Waals surface area (Å²) in [6.07, 6.45) is 7.12. The van der Waals surface area contributed by atoms with E-state index in [-0.39, 0.29) is 11.4 Å². The van der Waals surface area contributed by atoms with Gasteiger partial charge in [0.15, 0.2) is 0 Å². The molecule has 2 aromatic rings. The van der Waals surface area contributed by atoms with Gasteiger partial charge >= 0.3 is 5.69 Å². The minimum Gasteiger partial charge on any atom is -0.366 e. The molecule has 2 heterocycles. The smallest absolute Gasteiger partial charge is 0.328 e. The van der Waals surface area contributed by atoms with E-state index in [2.05, 4.69) is 4.98 Å². The van der Waals surface area contributed by atoms with Crippen molar-refractivity contribution in [3.8, 4) is 0 Å². The van der Waals surface area contributed by atoms with Crippen molar-refractivity contribution < 1.29 is 4.39 Å². The maximum absolute atomic E-state index is 13.6. The molecule has 0 atom stereocenters. The van der Waals surface area contributed by atoms with Crippen LogP contribution in [0.5, 0.6) is 0 Å². The van der Waals surface area contributed by atoms with Crippen molar-refractivity contribution in [1.82, 2.24) is 9.55 Å². The molecule has 0 aliphatic carbocycles. The van der Waals surface area contributed by atoms with Gasteiger partial charge in [0.05, 0.1) is 0 Å². The average Bonchev–Trinajstić information content (AvgIpc) is 2.60. The molecule has 0 unspecified atom stereocenters. The van der Waals surface area contributed by atoms with Crippen molar-refractivity contribution in [2.75, 3.05) is 18.0 Å². The van der Waals surface area contributed by atoms with Gasteiger partial charge in [-0.25, -0.2) is 9.18 Å². The Balaban J connectivity index is 1.66. The Bertz CT molecular complexity index is 861. The molecule has 1 fully saturated rings. The van der Waals surface area contributed by atoms with E-state index >= 15 is 0 Å². The Morgan fingerprint density at radius 3 is 2.62 bits per heavy atom. The maximum Gasteiger partial charge on any atom is 0.328 e. The van der Waals surface area contributed by atoms with Gasteiger partial charge in [0, 0.05) is 31.9 Å². The number of hydrogen-bond acceptors (Lipinski definition) is 3. The summed E-state index contributed by atoms with van der Waals surface area (Å²) in [7, 11) is 1.47. The minimum absolute atomic E-state index is 0.220. The quantitative estimate of drug-likeness (QED) is 0.939. The van der Waals surface area contributed by atoms with Crippen LogP contribution in [0.15, 0.2) is 46.1 Å². The van der Waals surface area contributed by atoms with Crippen LogP contribution < -0.4 is 16.1 Å². The molecule has 0 spiro atoms. The molecular weight excluding hydrogens is 309 g/mol. The van der Waals surface area contributed by atoms with Crippen molar-refractivity contribution in [2.45, 2.75) is 12.8 Å². The predicted molar refractivity (Wildman–Crippen MR) is 92.7 cm³/mol. The number of aromatic nitrogens is 2. The van der Waals surface area contributed by atoms with Crippen LogP contribution in [0.3, 0.4) is 0 Å². The van der Waals surface area contributed by atoms with Crippen molar-refractivity contribution >= 4 is 11.8 Å². The molecule has 0 amide bonds. The molecule has 126 valence electrons. The van der Waals surface area contributed by atoms with Crippen LogP contribution in [-0.2, 0) is 7.05 Å². The second kappa shape index (κ2) is 6.86. The summed E-state index contributed by atoms with van der Waals surface area (Å²) in [5.74, 6) is 0.135. The van der Waals surface area contributed by atoms with Gasteiger partial charge in [-0.1, -0.05) is 30.4 Å². The normalized spacial score (nSPS) is 16.0. The summed E-state index contributed by atoms with van der Waals surface area (Å²) in [5, 5.41) is 0. The van der Waals surface area contributed by atoms with E-state index in [4.69, 9.17) is 0 Å². The van der Waals surface area contributed by atoms with E-state index in [9.17, 15) is 14.0 Å². The van der Waals surface area contributed by atoms with Crippen LogP contribution in [0.25, 0.3) is 6.08 Å². The van der Waals surface area contributed by atoms with Crippen molar-refractivity contribution in [3.63, 3.8) is 0 Å². The van der Waals surface area contributed by atoms with Gasteiger partial charge in [-0.3, -0.25) is 9.36 Å². The number of aromatic amines is 1. The minimum atomic E-state index is -0.411. The Morgan fingerprint density at radius 1 is 1.21 bits per heavy atom. The number of hydrogen-bond donors (Lipinski definition) is 1. The molecule has 1 aromatic heterocycles. The van der Waals surface area contributed by atoms with Crippen LogP contribution in [0, 0.1) is 11.7 Å². The monoisotopic (exact) mass is 329 g/mol. The SMILES string of the molecule is Cn1c(=O)[nH]cc(N2CCC(C=Cc3ccccc3F)CC2)c1=O. The van der Waals surface area contributed by atoms with E-state index in [0.29, 0.717) is 17.2 Å². The highest BCUT2D eigenvalue weighted by Crippen LogP contribution is 2.22. The zero-order valence-corrected chi connectivity index (χ0v) is 13.5. The van der Waals surface area contributed by atoms with Crippen LogP contribution in [0.1, 0.15) is 18.4 Å². The number of rotatable bonds is 3. The molecule has 1 aliphatic heterocycles. The average molecular weight is 329 g/mol. The molecule has 3 rings (SSSR count). The van der Waals surface area contributed by atoms with Gasteiger partial charge in [-0.15, -0.1) is 0 Å². The molecule has 1 aromatic carbocycles. The lowest BCUT2D eigenvalue weighted by Gasteiger charge is -2.31.